The van der Waals surface area contributed by atoms with Crippen LogP contribution in [0.1, 0.15) is 25.8 Å². The Morgan fingerprint density at radius 1 is 1.37 bits per heavy atom. The van der Waals surface area contributed by atoms with Gasteiger partial charge in [-0.25, -0.2) is 4.39 Å². The van der Waals surface area contributed by atoms with Crippen LogP contribution in [0.2, 0.25) is 0 Å². The molecule has 0 fully saturated rings. The molecule has 0 amide bonds. The molecule has 1 heterocycles. The molecule has 0 aliphatic carbocycles. The highest BCUT2D eigenvalue weighted by Crippen LogP contribution is 2.31. The third-order valence-corrected chi connectivity index (χ3v) is 2.86. The lowest BCUT2D eigenvalue weighted by atomic mass is 10.1. The summed E-state index contributed by atoms with van der Waals surface area (Å²) in [6.07, 6.45) is 0. The van der Waals surface area contributed by atoms with Crippen LogP contribution in [0.4, 0.5) is 4.39 Å². The van der Waals surface area contributed by atoms with Gasteiger partial charge in [-0.2, -0.15) is 4.98 Å². The van der Waals surface area contributed by atoms with Gasteiger partial charge in [0.1, 0.15) is 0 Å². The summed E-state index contributed by atoms with van der Waals surface area (Å²) in [6, 6.07) is 4.19. The summed E-state index contributed by atoms with van der Waals surface area (Å²) in [5, 5.41) is 3.83. The Morgan fingerprint density at radius 3 is 2.74 bits per heavy atom. The van der Waals surface area contributed by atoms with Crippen molar-refractivity contribution in [3.63, 3.8) is 0 Å². The monoisotopic (exact) mass is 265 g/mol. The highest BCUT2D eigenvalue weighted by atomic mass is 19.1. The van der Waals surface area contributed by atoms with Crippen molar-refractivity contribution in [1.82, 2.24) is 10.1 Å². The van der Waals surface area contributed by atoms with Crippen LogP contribution in [0.5, 0.6) is 5.75 Å². The zero-order chi connectivity index (χ0) is 14.0. The molecule has 19 heavy (non-hydrogen) atoms. The molecule has 0 spiro atoms. The van der Waals surface area contributed by atoms with Crippen LogP contribution in [0, 0.1) is 11.7 Å². The number of para-hydroxylation sites is 1. The van der Waals surface area contributed by atoms with E-state index in [-0.39, 0.29) is 23.5 Å². The second kappa shape index (κ2) is 5.36. The van der Waals surface area contributed by atoms with Crippen molar-refractivity contribution in [2.24, 2.45) is 11.7 Å². The molecular weight excluding hydrogens is 249 g/mol. The predicted molar refractivity (Wildman–Crippen MR) is 68.0 cm³/mol. The van der Waals surface area contributed by atoms with Crippen molar-refractivity contribution < 1.29 is 13.7 Å². The van der Waals surface area contributed by atoms with Gasteiger partial charge in [-0.3, -0.25) is 0 Å². The quantitative estimate of drug-likeness (QED) is 0.919. The lowest BCUT2D eigenvalue weighted by Crippen LogP contribution is -2.16. The van der Waals surface area contributed by atoms with Crippen LogP contribution >= 0.6 is 0 Å². The number of hydrogen-bond donors (Lipinski definition) is 1. The van der Waals surface area contributed by atoms with Gasteiger partial charge in [0.05, 0.1) is 18.7 Å². The summed E-state index contributed by atoms with van der Waals surface area (Å²) in [6.45, 7) is 3.91. The Hall–Kier alpha value is -1.95. The molecule has 1 atom stereocenters. The molecule has 0 bridgehead atoms. The molecule has 2 rings (SSSR count). The Bertz CT molecular complexity index is 569. The molecule has 0 aliphatic heterocycles. The van der Waals surface area contributed by atoms with E-state index >= 15 is 0 Å². The van der Waals surface area contributed by atoms with E-state index in [4.69, 9.17) is 15.0 Å². The van der Waals surface area contributed by atoms with Crippen LogP contribution in [0.25, 0.3) is 11.4 Å². The fraction of sp³-hybridized carbons (Fsp3) is 0.385. The van der Waals surface area contributed by atoms with Gasteiger partial charge in [0.25, 0.3) is 0 Å². The van der Waals surface area contributed by atoms with Crippen LogP contribution in [-0.4, -0.2) is 17.3 Å². The summed E-state index contributed by atoms with van der Waals surface area (Å²) >= 11 is 0. The first-order chi connectivity index (χ1) is 9.04. The first-order valence-corrected chi connectivity index (χ1v) is 5.96. The van der Waals surface area contributed by atoms with Crippen molar-refractivity contribution in [2.45, 2.75) is 19.9 Å². The zero-order valence-electron chi connectivity index (χ0n) is 11.1. The predicted octanol–water partition coefficient (Wildman–Crippen LogP) is 2.54. The number of ether oxygens (including phenoxy) is 1. The average Bonchev–Trinajstić information content (AvgIpc) is 2.86. The molecule has 6 heteroatoms. The summed E-state index contributed by atoms with van der Waals surface area (Å²) in [4.78, 5) is 4.20. The van der Waals surface area contributed by atoms with Gasteiger partial charge < -0.3 is 15.0 Å². The average molecular weight is 265 g/mol. The Kier molecular flexibility index (Phi) is 3.80. The van der Waals surface area contributed by atoms with Crippen LogP contribution < -0.4 is 10.5 Å². The third kappa shape index (κ3) is 2.58. The molecule has 0 saturated heterocycles. The van der Waals surface area contributed by atoms with E-state index in [9.17, 15) is 4.39 Å². The molecule has 0 unspecified atom stereocenters. The summed E-state index contributed by atoms with van der Waals surface area (Å²) in [7, 11) is 1.39. The van der Waals surface area contributed by atoms with Crippen molar-refractivity contribution in [2.75, 3.05) is 7.11 Å². The van der Waals surface area contributed by atoms with Crippen LogP contribution in [0.15, 0.2) is 22.7 Å². The normalized spacial score (nSPS) is 12.7. The van der Waals surface area contributed by atoms with E-state index in [1.165, 1.54) is 13.2 Å². The Labute approximate surface area is 110 Å². The fourth-order valence-electron chi connectivity index (χ4n) is 1.66. The molecule has 0 aliphatic rings. The number of methoxy groups -OCH3 is 1. The first kappa shape index (κ1) is 13.5. The minimum atomic E-state index is -0.473. The number of benzene rings is 1. The molecule has 0 saturated carbocycles. The maximum absolute atomic E-state index is 13.6. The van der Waals surface area contributed by atoms with E-state index < -0.39 is 5.82 Å². The Balaban J connectivity index is 2.41. The number of halogens is 1. The largest absolute Gasteiger partial charge is 0.493 e. The van der Waals surface area contributed by atoms with E-state index in [2.05, 4.69) is 10.1 Å². The molecular formula is C13H16FN3O2. The van der Waals surface area contributed by atoms with Crippen LogP contribution in [0.3, 0.4) is 0 Å². The van der Waals surface area contributed by atoms with E-state index in [1.807, 2.05) is 13.8 Å². The lowest BCUT2D eigenvalue weighted by Gasteiger charge is -2.09. The van der Waals surface area contributed by atoms with Crippen molar-refractivity contribution in [3.05, 3.63) is 29.9 Å². The molecule has 5 nitrogen and oxygen atoms in total. The van der Waals surface area contributed by atoms with Gasteiger partial charge in [-0.05, 0) is 18.1 Å². The molecule has 1 aromatic heterocycles. The Morgan fingerprint density at radius 2 is 2.11 bits per heavy atom. The summed E-state index contributed by atoms with van der Waals surface area (Å²) in [5.74, 6) is 0.383. The highest BCUT2D eigenvalue weighted by Gasteiger charge is 2.21. The van der Waals surface area contributed by atoms with E-state index in [0.29, 0.717) is 11.5 Å². The van der Waals surface area contributed by atoms with E-state index in [1.54, 1.807) is 12.1 Å². The van der Waals surface area contributed by atoms with Gasteiger partial charge in [0, 0.05) is 0 Å². The minimum Gasteiger partial charge on any atom is -0.493 e. The fourth-order valence-corrected chi connectivity index (χ4v) is 1.66. The number of rotatable bonds is 4. The topological polar surface area (TPSA) is 74.2 Å². The summed E-state index contributed by atoms with van der Waals surface area (Å²) in [5.41, 5.74) is 6.37. The number of nitrogens with zero attached hydrogens (tertiary/aromatic N) is 2. The molecule has 102 valence electrons. The molecule has 2 aromatic rings. The number of aromatic nitrogens is 2. The standard InChI is InChI=1S/C13H16FN3O2/c1-7(2)10(15)13-16-12(17-19-13)8-5-4-6-9(14)11(8)18-3/h4-7,10H,15H2,1-3H3/t10-/m0/s1. The van der Waals surface area contributed by atoms with Gasteiger partial charge >= 0.3 is 0 Å². The smallest absolute Gasteiger partial charge is 0.244 e. The lowest BCUT2D eigenvalue weighted by molar-refractivity contribution is 0.325. The first-order valence-electron chi connectivity index (χ1n) is 5.96. The van der Waals surface area contributed by atoms with Crippen molar-refractivity contribution in [1.29, 1.82) is 0 Å². The van der Waals surface area contributed by atoms with Gasteiger partial charge in [-0.15, -0.1) is 0 Å². The van der Waals surface area contributed by atoms with Crippen LogP contribution in [-0.2, 0) is 0 Å². The highest BCUT2D eigenvalue weighted by molar-refractivity contribution is 5.63. The molecule has 2 N–H and O–H groups in total. The van der Waals surface area contributed by atoms with Gasteiger partial charge in [0.2, 0.25) is 11.7 Å². The van der Waals surface area contributed by atoms with Crippen molar-refractivity contribution in [3.8, 4) is 17.1 Å². The number of nitrogens with two attached hydrogens (primary N) is 1. The third-order valence-electron chi connectivity index (χ3n) is 2.86. The second-order valence-corrected chi connectivity index (χ2v) is 4.55. The maximum atomic E-state index is 13.6. The molecule has 0 radical (unpaired) electrons. The molecule has 1 aromatic carbocycles. The SMILES string of the molecule is COc1c(F)cccc1-c1noc([C@@H](N)C(C)C)n1. The maximum Gasteiger partial charge on any atom is 0.244 e. The zero-order valence-corrected chi connectivity index (χ0v) is 11.1. The van der Waals surface area contributed by atoms with Crippen molar-refractivity contribution >= 4 is 0 Å². The number of hydrogen-bond acceptors (Lipinski definition) is 5. The minimum absolute atomic E-state index is 0.0907. The van der Waals surface area contributed by atoms with E-state index in [0.717, 1.165) is 0 Å². The second-order valence-electron chi connectivity index (χ2n) is 4.55. The van der Waals surface area contributed by atoms with Gasteiger partial charge in [-0.1, -0.05) is 25.1 Å². The van der Waals surface area contributed by atoms with Gasteiger partial charge in [0.15, 0.2) is 11.6 Å². The summed E-state index contributed by atoms with van der Waals surface area (Å²) < 4.78 is 23.7.